The number of nitro groups is 1. The highest BCUT2D eigenvalue weighted by atomic mass is 32.2. The Morgan fingerprint density at radius 2 is 1.94 bits per heavy atom. The normalized spacial score (nSPS) is 27.2. The number of nitro benzene ring substituents is 1. The Morgan fingerprint density at radius 3 is 2.65 bits per heavy atom. The molecular weight excluding hydrogens is 460 g/mol. The molecule has 0 bridgehead atoms. The van der Waals surface area contributed by atoms with Crippen molar-refractivity contribution in [3.8, 4) is 5.75 Å². The summed E-state index contributed by atoms with van der Waals surface area (Å²) in [6.07, 6.45) is 2.54. The highest BCUT2D eigenvalue weighted by molar-refractivity contribution is 7.98. The van der Waals surface area contributed by atoms with E-state index in [0.717, 1.165) is 10.7 Å². The van der Waals surface area contributed by atoms with Crippen molar-refractivity contribution in [2.45, 2.75) is 18.0 Å². The molecule has 2 aromatic carbocycles. The van der Waals surface area contributed by atoms with E-state index in [1.807, 2.05) is 6.26 Å². The van der Waals surface area contributed by atoms with Crippen LogP contribution in [0.3, 0.4) is 0 Å². The molecule has 34 heavy (non-hydrogen) atoms. The molecule has 3 aliphatic heterocycles. The molecule has 10 nitrogen and oxygen atoms in total. The first-order valence-electron chi connectivity index (χ1n) is 10.7. The van der Waals surface area contributed by atoms with Gasteiger partial charge in [0.05, 0.1) is 35.6 Å². The average molecular weight is 483 g/mol. The van der Waals surface area contributed by atoms with Gasteiger partial charge in [-0.3, -0.25) is 29.8 Å². The van der Waals surface area contributed by atoms with E-state index in [2.05, 4.69) is 10.6 Å². The first-order valence-corrected chi connectivity index (χ1v) is 12.1. The summed E-state index contributed by atoms with van der Waals surface area (Å²) in [5.41, 5.74) is -0.223. The van der Waals surface area contributed by atoms with E-state index in [-0.39, 0.29) is 23.0 Å². The third kappa shape index (κ3) is 2.96. The van der Waals surface area contributed by atoms with Crippen LogP contribution in [0.2, 0.25) is 0 Å². The van der Waals surface area contributed by atoms with E-state index in [4.69, 9.17) is 4.74 Å². The number of amides is 3. The Morgan fingerprint density at radius 1 is 1.18 bits per heavy atom. The molecule has 0 saturated carbocycles. The number of hydrogen-bond acceptors (Lipinski definition) is 8. The third-order valence-corrected chi connectivity index (χ3v) is 7.51. The molecule has 5 rings (SSSR count). The van der Waals surface area contributed by atoms with Gasteiger partial charge in [-0.15, -0.1) is 0 Å². The van der Waals surface area contributed by atoms with Gasteiger partial charge in [-0.1, -0.05) is 18.2 Å². The van der Waals surface area contributed by atoms with Crippen LogP contribution < -0.4 is 20.3 Å². The maximum absolute atomic E-state index is 13.9. The molecule has 3 amide bonds. The number of thioether (sulfide) groups is 1. The van der Waals surface area contributed by atoms with Gasteiger partial charge in [-0.2, -0.15) is 11.8 Å². The van der Waals surface area contributed by atoms with Gasteiger partial charge in [0.2, 0.25) is 17.7 Å². The van der Waals surface area contributed by atoms with Crippen molar-refractivity contribution in [3.63, 3.8) is 0 Å². The summed E-state index contributed by atoms with van der Waals surface area (Å²) in [5.74, 6) is -2.30. The summed E-state index contributed by atoms with van der Waals surface area (Å²) in [7, 11) is 1.32. The Hall–Kier alpha value is -3.44. The quantitative estimate of drug-likeness (QED) is 0.364. The van der Waals surface area contributed by atoms with Crippen molar-refractivity contribution in [2.24, 2.45) is 11.8 Å². The first-order chi connectivity index (χ1) is 16.3. The zero-order valence-electron chi connectivity index (χ0n) is 18.4. The largest absolute Gasteiger partial charge is 0.494 e. The smallest absolute Gasteiger partial charge is 0.273 e. The summed E-state index contributed by atoms with van der Waals surface area (Å²) in [4.78, 5) is 52.7. The van der Waals surface area contributed by atoms with Gasteiger partial charge in [-0.25, -0.2) is 4.90 Å². The van der Waals surface area contributed by atoms with Gasteiger partial charge in [0.1, 0.15) is 11.3 Å². The van der Waals surface area contributed by atoms with Crippen LogP contribution in [-0.2, 0) is 19.9 Å². The summed E-state index contributed by atoms with van der Waals surface area (Å²) < 4.78 is 5.30. The fourth-order valence-electron chi connectivity index (χ4n) is 5.45. The summed E-state index contributed by atoms with van der Waals surface area (Å²) in [5, 5.41) is 17.4. The second kappa shape index (κ2) is 8.10. The van der Waals surface area contributed by atoms with E-state index in [1.165, 1.54) is 25.3 Å². The fraction of sp³-hybridized carbons (Fsp3) is 0.348. The predicted octanol–water partition coefficient (Wildman–Crippen LogP) is 2.28. The number of hydrogen-bond donors (Lipinski definition) is 2. The molecular formula is C23H22N4O6S. The number of rotatable bonds is 6. The number of non-ortho nitro benzene ring substituents is 1. The molecule has 11 heteroatoms. The molecule has 0 aliphatic carbocycles. The number of nitrogens with one attached hydrogen (secondary N) is 2. The van der Waals surface area contributed by atoms with Crippen molar-refractivity contribution in [3.05, 3.63) is 58.1 Å². The Kier molecular flexibility index (Phi) is 5.33. The topological polar surface area (TPSA) is 131 Å². The van der Waals surface area contributed by atoms with Gasteiger partial charge < -0.3 is 10.1 Å². The standard InChI is InChI=1S/C23H22N4O6S/c1-33-17-11-12(27(31)32)7-8-16(17)26-20(28)18-15(9-10-34-2)25-23(19(18)21(26)29)13-5-3-4-6-14(13)24-22(23)30/h3-8,11,15,18-19,25H,9-10H2,1-2H3,(H,24,30)/t15-,18-,19+,23-/m1/s1. The van der Waals surface area contributed by atoms with Crippen LogP contribution in [0.25, 0.3) is 0 Å². The number of para-hydroxylation sites is 1. The number of carbonyl (C=O) groups is 3. The first kappa shape index (κ1) is 22.4. The predicted molar refractivity (Wildman–Crippen MR) is 126 cm³/mol. The van der Waals surface area contributed by atoms with Crippen molar-refractivity contribution in [1.29, 1.82) is 0 Å². The summed E-state index contributed by atoms with van der Waals surface area (Å²) in [6.45, 7) is 0. The van der Waals surface area contributed by atoms with Crippen LogP contribution in [0, 0.1) is 22.0 Å². The minimum Gasteiger partial charge on any atom is -0.494 e. The zero-order valence-corrected chi connectivity index (χ0v) is 19.3. The number of benzene rings is 2. The highest BCUT2D eigenvalue weighted by Gasteiger charge is 2.70. The van der Waals surface area contributed by atoms with Gasteiger partial charge in [0.25, 0.3) is 5.69 Å². The molecule has 2 fully saturated rings. The molecule has 0 aromatic heterocycles. The molecule has 2 saturated heterocycles. The highest BCUT2D eigenvalue weighted by Crippen LogP contribution is 2.54. The molecule has 3 aliphatic rings. The van der Waals surface area contributed by atoms with Gasteiger partial charge in [0.15, 0.2) is 0 Å². The molecule has 2 aromatic rings. The van der Waals surface area contributed by atoms with E-state index in [0.29, 0.717) is 17.7 Å². The lowest BCUT2D eigenvalue weighted by atomic mass is 9.76. The SMILES string of the molecule is COc1cc([N+](=O)[O-])ccc1N1C(=O)[C@H]2[C@@H](C1=O)[C@@]1(N[C@@H]2CCSC)C(=O)Nc2ccccc21. The van der Waals surface area contributed by atoms with Crippen LogP contribution in [0.15, 0.2) is 42.5 Å². The lowest BCUT2D eigenvalue weighted by molar-refractivity contribution is -0.384. The number of methoxy groups -OCH3 is 1. The van der Waals surface area contributed by atoms with Crippen LogP contribution in [0.4, 0.5) is 17.1 Å². The number of carbonyl (C=O) groups excluding carboxylic acids is 3. The Bertz CT molecular complexity index is 1240. The maximum Gasteiger partial charge on any atom is 0.273 e. The minimum absolute atomic E-state index is 0.0369. The number of fused-ring (bicyclic) bond motifs is 4. The van der Waals surface area contributed by atoms with E-state index in [9.17, 15) is 24.5 Å². The van der Waals surface area contributed by atoms with Crippen LogP contribution >= 0.6 is 11.8 Å². The van der Waals surface area contributed by atoms with Crippen molar-refractivity contribution >= 4 is 46.5 Å². The van der Waals surface area contributed by atoms with Gasteiger partial charge >= 0.3 is 0 Å². The molecule has 0 unspecified atom stereocenters. The molecule has 4 atom stereocenters. The van der Waals surface area contributed by atoms with Gasteiger partial charge in [0, 0.05) is 23.4 Å². The summed E-state index contributed by atoms with van der Waals surface area (Å²) in [6, 6.07) is 10.5. The summed E-state index contributed by atoms with van der Waals surface area (Å²) >= 11 is 1.62. The zero-order chi connectivity index (χ0) is 24.2. The average Bonchev–Trinajstić information content (AvgIpc) is 3.41. The number of ether oxygens (including phenoxy) is 1. The lowest BCUT2D eigenvalue weighted by Gasteiger charge is -2.29. The minimum atomic E-state index is -1.38. The van der Waals surface area contributed by atoms with E-state index < -0.39 is 40.2 Å². The number of nitrogens with zero attached hydrogens (tertiary/aromatic N) is 2. The van der Waals surface area contributed by atoms with E-state index in [1.54, 1.807) is 36.0 Å². The second-order valence-electron chi connectivity index (χ2n) is 8.47. The third-order valence-electron chi connectivity index (χ3n) is 6.87. The van der Waals surface area contributed by atoms with Crippen LogP contribution in [-0.4, -0.2) is 47.8 Å². The van der Waals surface area contributed by atoms with Crippen molar-refractivity contribution in [1.82, 2.24) is 5.32 Å². The monoisotopic (exact) mass is 482 g/mol. The number of imide groups is 1. The van der Waals surface area contributed by atoms with Crippen molar-refractivity contribution < 1.29 is 24.0 Å². The molecule has 176 valence electrons. The Labute approximate surface area is 199 Å². The second-order valence-corrected chi connectivity index (χ2v) is 9.45. The molecule has 0 radical (unpaired) electrons. The molecule has 2 N–H and O–H groups in total. The van der Waals surface area contributed by atoms with E-state index >= 15 is 0 Å². The van der Waals surface area contributed by atoms with Crippen molar-refractivity contribution in [2.75, 3.05) is 29.3 Å². The van der Waals surface area contributed by atoms with Gasteiger partial charge in [-0.05, 0) is 30.6 Å². The Balaban J connectivity index is 1.64. The molecule has 3 heterocycles. The van der Waals surface area contributed by atoms with Crippen LogP contribution in [0.5, 0.6) is 5.75 Å². The number of anilines is 2. The van der Waals surface area contributed by atoms with Crippen LogP contribution in [0.1, 0.15) is 12.0 Å². The molecule has 1 spiro atoms. The fourth-order valence-corrected chi connectivity index (χ4v) is 5.94. The maximum atomic E-state index is 13.9. The lowest BCUT2D eigenvalue weighted by Crippen LogP contribution is -2.53.